The Morgan fingerprint density at radius 3 is 1.87 bits per heavy atom. The number of Topliss-reactive ketones (excluding diaryl/α,β-unsaturated/α-hetero) is 1. The first-order valence-electron chi connectivity index (χ1n) is 11.6. The minimum absolute atomic E-state index is 0.0108. The molecule has 0 radical (unpaired) electrons. The molecular formula is C25H39NO4S. The summed E-state index contributed by atoms with van der Waals surface area (Å²) < 4.78 is 24.3. The molecule has 2 rings (SSSR count). The van der Waals surface area contributed by atoms with Crippen molar-refractivity contribution in [2.24, 2.45) is 11.8 Å². The summed E-state index contributed by atoms with van der Waals surface area (Å²) in [4.78, 5) is 27.4. The summed E-state index contributed by atoms with van der Waals surface area (Å²) >= 11 is 0. The average Bonchev–Trinajstić information content (AvgIpc) is 2.68. The van der Waals surface area contributed by atoms with Gasteiger partial charge in [-0.3, -0.25) is 9.59 Å². The van der Waals surface area contributed by atoms with Crippen molar-refractivity contribution in [2.45, 2.75) is 91.0 Å². The summed E-state index contributed by atoms with van der Waals surface area (Å²) in [6.45, 7) is 11.5. The van der Waals surface area contributed by atoms with E-state index in [0.29, 0.717) is 12.0 Å². The number of sulfone groups is 1. The number of ketones is 1. The van der Waals surface area contributed by atoms with E-state index in [-0.39, 0.29) is 46.6 Å². The third-order valence-corrected chi connectivity index (χ3v) is 8.79. The number of carbonyl (C=O) groups is 2. The first-order chi connectivity index (χ1) is 14.4. The van der Waals surface area contributed by atoms with Crippen LogP contribution in [0.4, 0.5) is 0 Å². The van der Waals surface area contributed by atoms with Crippen LogP contribution in [0, 0.1) is 11.8 Å². The smallest absolute Gasteiger partial charge is 0.254 e. The van der Waals surface area contributed by atoms with E-state index >= 15 is 0 Å². The fraction of sp³-hybridized carbons (Fsp3) is 0.680. The summed E-state index contributed by atoms with van der Waals surface area (Å²) in [5.41, 5.74) is 1.57. The monoisotopic (exact) mass is 449 g/mol. The highest BCUT2D eigenvalue weighted by molar-refractivity contribution is 7.91. The van der Waals surface area contributed by atoms with Crippen molar-refractivity contribution in [1.82, 2.24) is 4.90 Å². The normalized spacial score (nSPS) is 19.8. The van der Waals surface area contributed by atoms with Crippen molar-refractivity contribution < 1.29 is 18.0 Å². The minimum atomic E-state index is -3.03. The van der Waals surface area contributed by atoms with E-state index in [9.17, 15) is 18.0 Å². The van der Waals surface area contributed by atoms with Crippen LogP contribution in [-0.4, -0.2) is 48.1 Å². The van der Waals surface area contributed by atoms with Crippen LogP contribution in [0.3, 0.4) is 0 Å². The Bertz CT molecular complexity index is 840. The Kier molecular flexibility index (Phi) is 8.87. The summed E-state index contributed by atoms with van der Waals surface area (Å²) in [7, 11) is -3.03. The van der Waals surface area contributed by atoms with Crippen LogP contribution in [0.1, 0.15) is 83.1 Å². The lowest BCUT2D eigenvalue weighted by Crippen LogP contribution is -2.42. The molecule has 1 amide bonds. The summed E-state index contributed by atoms with van der Waals surface area (Å²) in [6, 6.07) is 7.64. The van der Waals surface area contributed by atoms with Gasteiger partial charge in [0.05, 0.1) is 11.0 Å². The Morgan fingerprint density at radius 2 is 1.42 bits per heavy atom. The van der Waals surface area contributed by atoms with Crippen LogP contribution >= 0.6 is 0 Å². The second-order valence-corrected chi connectivity index (χ2v) is 12.4. The van der Waals surface area contributed by atoms with E-state index in [4.69, 9.17) is 0 Å². The van der Waals surface area contributed by atoms with E-state index in [1.807, 2.05) is 56.9 Å². The van der Waals surface area contributed by atoms with Gasteiger partial charge in [-0.1, -0.05) is 12.1 Å². The predicted octanol–water partition coefficient (Wildman–Crippen LogP) is 4.69. The molecule has 0 saturated heterocycles. The molecule has 174 valence electrons. The second kappa shape index (κ2) is 10.8. The maximum atomic E-state index is 12.8. The van der Waals surface area contributed by atoms with E-state index in [1.165, 1.54) is 0 Å². The molecule has 1 aliphatic carbocycles. The van der Waals surface area contributed by atoms with Crippen LogP contribution in [0.2, 0.25) is 0 Å². The Balaban J connectivity index is 1.91. The van der Waals surface area contributed by atoms with Crippen LogP contribution in [0.15, 0.2) is 24.3 Å². The molecule has 1 fully saturated rings. The van der Waals surface area contributed by atoms with Gasteiger partial charge in [0.1, 0.15) is 5.78 Å². The fourth-order valence-corrected chi connectivity index (χ4v) is 5.87. The average molecular weight is 450 g/mol. The maximum Gasteiger partial charge on any atom is 0.254 e. The highest BCUT2D eigenvalue weighted by Gasteiger charge is 2.30. The summed E-state index contributed by atoms with van der Waals surface area (Å²) in [5.74, 6) is 0.654. The van der Waals surface area contributed by atoms with Crippen LogP contribution in [0.25, 0.3) is 0 Å². The van der Waals surface area contributed by atoms with E-state index in [0.717, 1.165) is 31.2 Å². The van der Waals surface area contributed by atoms with Crippen LogP contribution in [-0.2, 0) is 21.1 Å². The van der Waals surface area contributed by atoms with Crippen molar-refractivity contribution in [2.75, 3.05) is 5.75 Å². The Morgan fingerprint density at radius 1 is 0.903 bits per heavy atom. The molecule has 1 aromatic rings. The SMILES string of the molecule is CC(C)N(C(=O)c1ccc(CC(=O)C2CCC(CS(=O)(=O)C(C)C)CC2)cc1)C(C)C. The van der Waals surface area contributed by atoms with Gasteiger partial charge in [0.2, 0.25) is 0 Å². The Labute approximate surface area is 188 Å². The van der Waals surface area contributed by atoms with Crippen molar-refractivity contribution in [3.8, 4) is 0 Å². The van der Waals surface area contributed by atoms with Crippen LogP contribution < -0.4 is 0 Å². The zero-order chi connectivity index (χ0) is 23.3. The molecule has 1 aliphatic rings. The number of carbonyl (C=O) groups excluding carboxylic acids is 2. The molecule has 0 N–H and O–H groups in total. The van der Waals surface area contributed by atoms with Gasteiger partial charge in [-0.15, -0.1) is 0 Å². The lowest BCUT2D eigenvalue weighted by molar-refractivity contribution is -0.123. The number of rotatable bonds is 9. The zero-order valence-electron chi connectivity index (χ0n) is 19.9. The van der Waals surface area contributed by atoms with Crippen LogP contribution in [0.5, 0.6) is 0 Å². The number of hydrogen-bond donors (Lipinski definition) is 0. The first kappa shape index (κ1) is 25.6. The molecule has 0 spiro atoms. The van der Waals surface area contributed by atoms with Crippen molar-refractivity contribution in [3.05, 3.63) is 35.4 Å². The maximum absolute atomic E-state index is 12.8. The number of nitrogens with zero attached hydrogens (tertiary/aromatic N) is 1. The third-order valence-electron chi connectivity index (χ3n) is 6.41. The van der Waals surface area contributed by atoms with E-state index in [2.05, 4.69) is 0 Å². The second-order valence-electron chi connectivity index (χ2n) is 9.84. The number of amides is 1. The van der Waals surface area contributed by atoms with Gasteiger partial charge in [-0.25, -0.2) is 8.42 Å². The topological polar surface area (TPSA) is 71.5 Å². The van der Waals surface area contributed by atoms with Gasteiger partial charge in [0, 0.05) is 30.0 Å². The highest BCUT2D eigenvalue weighted by Crippen LogP contribution is 2.31. The van der Waals surface area contributed by atoms with Crippen molar-refractivity contribution >= 4 is 21.5 Å². The van der Waals surface area contributed by atoms with Gasteiger partial charge in [-0.05, 0) is 90.8 Å². The van der Waals surface area contributed by atoms with Gasteiger partial charge in [0.25, 0.3) is 5.91 Å². The summed E-state index contributed by atoms with van der Waals surface area (Å²) in [6.07, 6.45) is 3.51. The first-order valence-corrected chi connectivity index (χ1v) is 13.3. The molecule has 31 heavy (non-hydrogen) atoms. The molecule has 0 heterocycles. The van der Waals surface area contributed by atoms with E-state index in [1.54, 1.807) is 13.8 Å². The quantitative estimate of drug-likeness (QED) is 0.548. The molecule has 1 saturated carbocycles. The third kappa shape index (κ3) is 6.90. The van der Waals surface area contributed by atoms with Crippen molar-refractivity contribution in [1.29, 1.82) is 0 Å². The molecule has 0 bridgehead atoms. The lowest BCUT2D eigenvalue weighted by Gasteiger charge is -2.31. The molecule has 0 aromatic heterocycles. The number of benzene rings is 1. The largest absolute Gasteiger partial charge is 0.334 e. The minimum Gasteiger partial charge on any atom is -0.334 e. The Hall–Kier alpha value is -1.69. The standard InChI is InChI=1S/C25H39NO4S/c1-17(2)26(18(3)4)25(28)23-13-7-20(8-14-23)15-24(27)22-11-9-21(10-12-22)16-31(29,30)19(5)6/h7-8,13-14,17-19,21-22H,9-12,15-16H2,1-6H3. The molecule has 0 atom stereocenters. The van der Waals surface area contributed by atoms with Gasteiger partial charge < -0.3 is 4.90 Å². The molecule has 6 heteroatoms. The molecule has 1 aromatic carbocycles. The molecule has 5 nitrogen and oxygen atoms in total. The zero-order valence-corrected chi connectivity index (χ0v) is 20.7. The predicted molar refractivity (Wildman–Crippen MR) is 126 cm³/mol. The molecule has 0 unspecified atom stereocenters. The molecular weight excluding hydrogens is 410 g/mol. The summed E-state index contributed by atoms with van der Waals surface area (Å²) in [5, 5.41) is -0.338. The fourth-order valence-electron chi connectivity index (χ4n) is 4.50. The molecule has 0 aliphatic heterocycles. The van der Waals surface area contributed by atoms with Gasteiger partial charge in [0.15, 0.2) is 9.84 Å². The van der Waals surface area contributed by atoms with Gasteiger partial charge in [-0.2, -0.15) is 0 Å². The lowest BCUT2D eigenvalue weighted by atomic mass is 9.79. The van der Waals surface area contributed by atoms with Crippen molar-refractivity contribution in [3.63, 3.8) is 0 Å². The van der Waals surface area contributed by atoms with E-state index < -0.39 is 9.84 Å². The number of hydrogen-bond acceptors (Lipinski definition) is 4. The highest BCUT2D eigenvalue weighted by atomic mass is 32.2. The van der Waals surface area contributed by atoms with Gasteiger partial charge >= 0.3 is 0 Å².